The highest BCUT2D eigenvalue weighted by Crippen LogP contribution is 2.50. The van der Waals surface area contributed by atoms with E-state index >= 15 is 0 Å². The molecule has 3 aromatic heterocycles. The smallest absolute Gasteiger partial charge is 0.228 e. The first-order chi connectivity index (χ1) is 18.0. The van der Waals surface area contributed by atoms with Crippen molar-refractivity contribution in [1.82, 2.24) is 19.9 Å². The van der Waals surface area contributed by atoms with Crippen LogP contribution < -0.4 is 26.0 Å². The van der Waals surface area contributed by atoms with Crippen molar-refractivity contribution in [2.24, 2.45) is 11.1 Å². The number of nitrogen functional groups attached to an aromatic ring is 1. The summed E-state index contributed by atoms with van der Waals surface area (Å²) in [6.07, 6.45) is 9.54. The van der Waals surface area contributed by atoms with Crippen LogP contribution in [0.3, 0.4) is 0 Å². The van der Waals surface area contributed by atoms with Gasteiger partial charge in [-0.2, -0.15) is 0 Å². The fraction of sp³-hybridized carbons (Fsp3) is 0.423. The third-order valence-electron chi connectivity index (χ3n) is 8.30. The average molecular weight is 517 g/mol. The quantitative estimate of drug-likeness (QED) is 0.535. The molecule has 2 saturated heterocycles. The fourth-order valence-corrected chi connectivity index (χ4v) is 7.06. The Labute approximate surface area is 218 Å². The van der Waals surface area contributed by atoms with Crippen LogP contribution in [0.5, 0.6) is 5.75 Å². The fourth-order valence-electron chi connectivity index (χ4n) is 6.22. The number of fused-ring (bicyclic) bond motifs is 4. The number of piperidine rings is 1. The van der Waals surface area contributed by atoms with Crippen LogP contribution in [0, 0.1) is 5.41 Å². The second kappa shape index (κ2) is 8.56. The predicted molar refractivity (Wildman–Crippen MR) is 140 cm³/mol. The number of hydrogen-bond donors (Lipinski definition) is 2. The van der Waals surface area contributed by atoms with Gasteiger partial charge in [0, 0.05) is 43.6 Å². The Bertz CT molecular complexity index is 1390. The largest absolute Gasteiger partial charge is 0.486 e. The maximum atomic E-state index is 12.4. The molecule has 3 aliphatic heterocycles. The number of carbonyl (C=O) groups is 1. The van der Waals surface area contributed by atoms with E-state index in [0.29, 0.717) is 35.4 Å². The zero-order valence-electron chi connectivity index (χ0n) is 20.3. The van der Waals surface area contributed by atoms with Crippen LogP contribution >= 0.6 is 11.8 Å². The molecule has 4 aliphatic rings. The zero-order chi connectivity index (χ0) is 25.1. The van der Waals surface area contributed by atoms with Gasteiger partial charge in [-0.15, -0.1) is 0 Å². The Hall–Kier alpha value is -3.44. The van der Waals surface area contributed by atoms with Gasteiger partial charge in [0.25, 0.3) is 0 Å². The summed E-state index contributed by atoms with van der Waals surface area (Å²) < 4.78 is 6.04. The molecule has 11 heteroatoms. The summed E-state index contributed by atoms with van der Waals surface area (Å²) in [7, 11) is 0. The summed E-state index contributed by atoms with van der Waals surface area (Å²) >= 11 is 1.38. The minimum atomic E-state index is 0.0212. The summed E-state index contributed by atoms with van der Waals surface area (Å²) in [6.45, 7) is 2.16. The van der Waals surface area contributed by atoms with E-state index in [9.17, 15) is 4.79 Å². The van der Waals surface area contributed by atoms with Crippen LogP contribution in [-0.4, -0.2) is 51.6 Å². The van der Waals surface area contributed by atoms with Gasteiger partial charge in [-0.25, -0.2) is 15.0 Å². The normalized spacial score (nSPS) is 23.5. The number of hydrogen-bond acceptors (Lipinski definition) is 10. The standard InChI is InChI=1S/C26H28N8O2S/c27-22-16-2-1-8-29-17(16)12-26(22)6-10-33(11-7-26)19-13-31-25(23(28)32-19)37-18-5-9-30-24-21(18)36-14-15-3-4-20(35)34(15)24/h1-2,5,8-9,13,15,22H,3-4,6-7,10-12,14,27H2,(H2,28,32)/t15?,22-/m1/s1. The first-order valence-corrected chi connectivity index (χ1v) is 13.5. The summed E-state index contributed by atoms with van der Waals surface area (Å²) in [6, 6.07) is 6.03. The molecular formula is C26H28N8O2S. The lowest BCUT2D eigenvalue weighted by Crippen LogP contribution is -2.44. The maximum absolute atomic E-state index is 12.4. The molecule has 0 saturated carbocycles. The zero-order valence-corrected chi connectivity index (χ0v) is 21.2. The molecule has 4 N–H and O–H groups in total. The number of nitrogens with zero attached hydrogens (tertiary/aromatic N) is 6. The van der Waals surface area contributed by atoms with Crippen LogP contribution in [0.25, 0.3) is 0 Å². The summed E-state index contributed by atoms with van der Waals surface area (Å²) in [5, 5.41) is 0.600. The Morgan fingerprint density at radius 3 is 2.81 bits per heavy atom. The highest BCUT2D eigenvalue weighted by atomic mass is 32.2. The monoisotopic (exact) mass is 516 g/mol. The molecule has 2 fully saturated rings. The highest BCUT2D eigenvalue weighted by Gasteiger charge is 2.46. The molecule has 1 aliphatic carbocycles. The molecule has 7 rings (SSSR count). The van der Waals surface area contributed by atoms with E-state index in [0.717, 1.165) is 55.2 Å². The number of ether oxygens (including phenoxy) is 1. The van der Waals surface area contributed by atoms with Crippen LogP contribution in [0.1, 0.15) is 43.0 Å². The van der Waals surface area contributed by atoms with E-state index < -0.39 is 0 Å². The van der Waals surface area contributed by atoms with Gasteiger partial charge in [-0.3, -0.25) is 14.7 Å². The lowest BCUT2D eigenvalue weighted by Gasteiger charge is -2.42. The van der Waals surface area contributed by atoms with Crippen molar-refractivity contribution in [3.63, 3.8) is 0 Å². The summed E-state index contributed by atoms with van der Waals surface area (Å²) in [5.41, 5.74) is 15.5. The Kier molecular flexibility index (Phi) is 5.26. The van der Waals surface area contributed by atoms with Gasteiger partial charge in [0.05, 0.1) is 17.1 Å². The Balaban J connectivity index is 1.07. The number of pyridine rings is 2. The van der Waals surface area contributed by atoms with Crippen molar-refractivity contribution in [2.45, 2.75) is 54.1 Å². The average Bonchev–Trinajstić information content (AvgIpc) is 3.43. The molecule has 1 amide bonds. The Morgan fingerprint density at radius 2 is 2.00 bits per heavy atom. The second-order valence-corrected chi connectivity index (χ2v) is 11.3. The van der Waals surface area contributed by atoms with E-state index in [1.165, 1.54) is 17.3 Å². The molecule has 6 heterocycles. The minimum Gasteiger partial charge on any atom is -0.486 e. The number of rotatable bonds is 3. The predicted octanol–water partition coefficient (Wildman–Crippen LogP) is 2.73. The molecule has 0 radical (unpaired) electrons. The molecule has 190 valence electrons. The van der Waals surface area contributed by atoms with Gasteiger partial charge >= 0.3 is 0 Å². The van der Waals surface area contributed by atoms with Crippen molar-refractivity contribution in [2.75, 3.05) is 35.2 Å². The van der Waals surface area contributed by atoms with Crippen molar-refractivity contribution in [3.05, 3.63) is 48.0 Å². The van der Waals surface area contributed by atoms with Gasteiger partial charge in [-0.1, -0.05) is 17.8 Å². The number of anilines is 3. The highest BCUT2D eigenvalue weighted by molar-refractivity contribution is 7.99. The first-order valence-electron chi connectivity index (χ1n) is 12.7. The number of amides is 1. The van der Waals surface area contributed by atoms with E-state index in [2.05, 4.69) is 25.9 Å². The van der Waals surface area contributed by atoms with Gasteiger partial charge < -0.3 is 21.1 Å². The summed E-state index contributed by atoms with van der Waals surface area (Å²) in [5.74, 6) is 2.42. The molecular weight excluding hydrogens is 488 g/mol. The van der Waals surface area contributed by atoms with Crippen molar-refractivity contribution in [3.8, 4) is 5.75 Å². The van der Waals surface area contributed by atoms with E-state index in [1.54, 1.807) is 17.3 Å². The third kappa shape index (κ3) is 3.63. The molecule has 2 atom stereocenters. The molecule has 10 nitrogen and oxygen atoms in total. The first kappa shape index (κ1) is 22.7. The molecule has 0 bridgehead atoms. The van der Waals surface area contributed by atoms with Crippen molar-refractivity contribution < 1.29 is 9.53 Å². The van der Waals surface area contributed by atoms with Crippen molar-refractivity contribution >= 4 is 35.1 Å². The van der Waals surface area contributed by atoms with Gasteiger partial charge in [0.2, 0.25) is 5.91 Å². The molecule has 3 aromatic rings. The van der Waals surface area contributed by atoms with E-state index in [-0.39, 0.29) is 23.4 Å². The van der Waals surface area contributed by atoms with Crippen LogP contribution in [-0.2, 0) is 11.2 Å². The third-order valence-corrected chi connectivity index (χ3v) is 9.35. The van der Waals surface area contributed by atoms with Gasteiger partial charge in [0.15, 0.2) is 17.4 Å². The minimum absolute atomic E-state index is 0.0212. The number of aromatic nitrogens is 4. The van der Waals surface area contributed by atoms with Gasteiger partial charge in [0.1, 0.15) is 17.5 Å². The molecule has 37 heavy (non-hydrogen) atoms. The molecule has 1 unspecified atom stereocenters. The van der Waals surface area contributed by atoms with Gasteiger partial charge in [-0.05, 0) is 48.8 Å². The number of carbonyl (C=O) groups excluding carboxylic acids is 1. The Morgan fingerprint density at radius 1 is 1.14 bits per heavy atom. The number of nitrogens with two attached hydrogens (primary N) is 2. The molecule has 1 spiro atoms. The topological polar surface area (TPSA) is 136 Å². The SMILES string of the molecule is Nc1nc(N2CCC3(CC2)Cc2ncccc2[C@H]3N)cnc1Sc1ccnc2c1OCC1CCC(=O)N21. The van der Waals surface area contributed by atoms with Crippen molar-refractivity contribution in [1.29, 1.82) is 0 Å². The lowest BCUT2D eigenvalue weighted by atomic mass is 9.73. The van der Waals surface area contributed by atoms with E-state index in [4.69, 9.17) is 21.2 Å². The molecule has 0 aromatic carbocycles. The van der Waals surface area contributed by atoms with Crippen LogP contribution in [0.15, 0.2) is 46.7 Å². The van der Waals surface area contributed by atoms with E-state index in [1.807, 2.05) is 18.3 Å². The maximum Gasteiger partial charge on any atom is 0.228 e. The second-order valence-electron chi connectivity index (χ2n) is 10.3. The lowest BCUT2D eigenvalue weighted by molar-refractivity contribution is -0.117. The summed E-state index contributed by atoms with van der Waals surface area (Å²) in [4.78, 5) is 35.6. The van der Waals surface area contributed by atoms with Crippen LogP contribution in [0.4, 0.5) is 17.5 Å². The van der Waals surface area contributed by atoms with Crippen LogP contribution in [0.2, 0.25) is 0 Å².